The summed E-state index contributed by atoms with van der Waals surface area (Å²) >= 11 is 3.51. The zero-order valence-electron chi connectivity index (χ0n) is 18.1. The molecule has 0 unspecified atom stereocenters. The fourth-order valence-corrected chi connectivity index (χ4v) is 3.73. The number of nitrogens with one attached hydrogen (secondary N) is 2. The van der Waals surface area contributed by atoms with Gasteiger partial charge in [0.1, 0.15) is 0 Å². The zero-order valence-corrected chi connectivity index (χ0v) is 19.6. The van der Waals surface area contributed by atoms with E-state index in [4.69, 9.17) is 4.74 Å². The highest BCUT2D eigenvalue weighted by atomic mass is 79.9. The van der Waals surface area contributed by atoms with Crippen molar-refractivity contribution in [3.8, 4) is 0 Å². The Kier molecular flexibility index (Phi) is 6.65. The van der Waals surface area contributed by atoms with Crippen molar-refractivity contribution in [2.24, 2.45) is 0 Å². The highest BCUT2D eigenvalue weighted by Crippen LogP contribution is 2.24. The molecule has 1 aromatic heterocycles. The molecule has 4 rings (SSSR count). The largest absolute Gasteiger partial charge is 0.462 e. The lowest BCUT2D eigenvalue weighted by Crippen LogP contribution is -2.14. The number of benzene rings is 3. The molecule has 3 aromatic carbocycles. The summed E-state index contributed by atoms with van der Waals surface area (Å²) in [6.45, 7) is 3.93. The number of halogens is 1. The van der Waals surface area contributed by atoms with Crippen molar-refractivity contribution in [1.29, 1.82) is 0 Å². The van der Waals surface area contributed by atoms with Gasteiger partial charge in [-0.05, 0) is 77.8 Å². The Morgan fingerprint density at radius 2 is 1.79 bits per heavy atom. The van der Waals surface area contributed by atoms with Crippen LogP contribution in [0.15, 0.2) is 71.3 Å². The fourth-order valence-electron chi connectivity index (χ4n) is 3.26. The van der Waals surface area contributed by atoms with Gasteiger partial charge in [0.2, 0.25) is 5.95 Å². The second-order valence-electron chi connectivity index (χ2n) is 7.28. The van der Waals surface area contributed by atoms with Crippen LogP contribution in [-0.4, -0.2) is 28.5 Å². The van der Waals surface area contributed by atoms with Crippen LogP contribution in [0.1, 0.15) is 33.2 Å². The third-order valence-corrected chi connectivity index (χ3v) is 5.59. The Labute approximate surface area is 199 Å². The molecule has 0 saturated heterocycles. The summed E-state index contributed by atoms with van der Waals surface area (Å²) in [6, 6.07) is 17.9. The monoisotopic (exact) mass is 504 g/mol. The number of esters is 1. The molecular formula is C25H21BrN4O3. The van der Waals surface area contributed by atoms with E-state index >= 15 is 0 Å². The first-order chi connectivity index (χ1) is 15.9. The second kappa shape index (κ2) is 9.79. The van der Waals surface area contributed by atoms with Crippen molar-refractivity contribution in [2.75, 3.05) is 17.2 Å². The molecule has 0 bridgehead atoms. The van der Waals surface area contributed by atoms with Crippen LogP contribution in [0.25, 0.3) is 10.9 Å². The van der Waals surface area contributed by atoms with Crippen molar-refractivity contribution >= 4 is 56.0 Å². The number of aromatic nitrogens is 2. The van der Waals surface area contributed by atoms with Crippen LogP contribution in [0.2, 0.25) is 0 Å². The standard InChI is InChI=1S/C25H21BrN4O3/c1-3-33-24(32)16-8-11-18(12-9-16)28-23(31)20-13-19(10-7-15(20)2)29-25-27-14-17-5-4-6-21(26)22(17)30-25/h4-14H,3H2,1-2H3,(H,28,31)(H,27,29,30). The molecule has 33 heavy (non-hydrogen) atoms. The summed E-state index contributed by atoms with van der Waals surface area (Å²) in [5, 5.41) is 6.95. The van der Waals surface area contributed by atoms with E-state index in [2.05, 4.69) is 36.5 Å². The van der Waals surface area contributed by atoms with Crippen LogP contribution >= 0.6 is 15.9 Å². The number of fused-ring (bicyclic) bond motifs is 1. The Morgan fingerprint density at radius 3 is 2.55 bits per heavy atom. The van der Waals surface area contributed by atoms with Gasteiger partial charge in [0.15, 0.2) is 0 Å². The van der Waals surface area contributed by atoms with Crippen molar-refractivity contribution in [1.82, 2.24) is 9.97 Å². The number of para-hydroxylation sites is 1. The number of ether oxygens (including phenoxy) is 1. The van der Waals surface area contributed by atoms with Gasteiger partial charge in [-0.15, -0.1) is 0 Å². The first kappa shape index (κ1) is 22.4. The summed E-state index contributed by atoms with van der Waals surface area (Å²) in [4.78, 5) is 33.6. The van der Waals surface area contributed by atoms with E-state index < -0.39 is 5.97 Å². The molecule has 0 aliphatic carbocycles. The van der Waals surface area contributed by atoms with E-state index in [9.17, 15) is 9.59 Å². The molecule has 0 atom stereocenters. The van der Waals surface area contributed by atoms with Crippen molar-refractivity contribution in [3.63, 3.8) is 0 Å². The number of anilines is 3. The number of nitrogens with zero attached hydrogens (tertiary/aromatic N) is 2. The van der Waals surface area contributed by atoms with E-state index in [0.29, 0.717) is 35.1 Å². The maximum absolute atomic E-state index is 12.9. The van der Waals surface area contributed by atoms with Gasteiger partial charge in [0.25, 0.3) is 5.91 Å². The maximum atomic E-state index is 12.9. The van der Waals surface area contributed by atoms with E-state index in [-0.39, 0.29) is 5.91 Å². The van der Waals surface area contributed by atoms with Gasteiger partial charge in [0, 0.05) is 33.0 Å². The third kappa shape index (κ3) is 5.18. The smallest absolute Gasteiger partial charge is 0.338 e. The maximum Gasteiger partial charge on any atom is 0.338 e. The highest BCUT2D eigenvalue weighted by molar-refractivity contribution is 9.10. The number of carbonyl (C=O) groups is 2. The van der Waals surface area contributed by atoms with Crippen LogP contribution < -0.4 is 10.6 Å². The fraction of sp³-hybridized carbons (Fsp3) is 0.120. The predicted octanol–water partition coefficient (Wildman–Crippen LogP) is 5.87. The van der Waals surface area contributed by atoms with E-state index in [0.717, 1.165) is 20.9 Å². The predicted molar refractivity (Wildman–Crippen MR) is 132 cm³/mol. The summed E-state index contributed by atoms with van der Waals surface area (Å²) in [6.07, 6.45) is 1.75. The van der Waals surface area contributed by atoms with Crippen LogP contribution in [0, 0.1) is 6.92 Å². The number of amides is 1. The van der Waals surface area contributed by atoms with Crippen LogP contribution in [0.5, 0.6) is 0 Å². The van der Waals surface area contributed by atoms with Crippen molar-refractivity contribution in [2.45, 2.75) is 13.8 Å². The molecule has 2 N–H and O–H groups in total. The minimum absolute atomic E-state index is 0.262. The number of aryl methyl sites for hydroxylation is 1. The molecule has 8 heteroatoms. The molecule has 7 nitrogen and oxygen atoms in total. The quantitative estimate of drug-likeness (QED) is 0.318. The summed E-state index contributed by atoms with van der Waals surface area (Å²) in [7, 11) is 0. The minimum atomic E-state index is -0.395. The number of hydrogen-bond donors (Lipinski definition) is 2. The average molecular weight is 505 g/mol. The number of carbonyl (C=O) groups excluding carboxylic acids is 2. The van der Waals surface area contributed by atoms with Gasteiger partial charge in [0.05, 0.1) is 17.7 Å². The highest BCUT2D eigenvalue weighted by Gasteiger charge is 2.13. The lowest BCUT2D eigenvalue weighted by atomic mass is 10.1. The number of rotatable bonds is 6. The van der Waals surface area contributed by atoms with Gasteiger partial charge < -0.3 is 15.4 Å². The Bertz CT molecular complexity index is 1340. The molecule has 0 saturated carbocycles. The first-order valence-electron chi connectivity index (χ1n) is 10.3. The Hall–Kier alpha value is -3.78. The number of hydrogen-bond acceptors (Lipinski definition) is 6. The van der Waals surface area contributed by atoms with Gasteiger partial charge in [-0.1, -0.05) is 18.2 Å². The molecule has 0 spiro atoms. The SMILES string of the molecule is CCOC(=O)c1ccc(NC(=O)c2cc(Nc3ncc4cccc(Br)c4n3)ccc2C)cc1. The van der Waals surface area contributed by atoms with Gasteiger partial charge in [-0.2, -0.15) is 0 Å². The zero-order chi connectivity index (χ0) is 23.4. The van der Waals surface area contributed by atoms with Crippen molar-refractivity contribution < 1.29 is 14.3 Å². The van der Waals surface area contributed by atoms with Gasteiger partial charge in [-0.3, -0.25) is 4.79 Å². The Morgan fingerprint density at radius 1 is 1.03 bits per heavy atom. The molecular weight excluding hydrogens is 484 g/mol. The summed E-state index contributed by atoms with van der Waals surface area (Å²) < 4.78 is 5.86. The lowest BCUT2D eigenvalue weighted by Gasteiger charge is -2.12. The summed E-state index contributed by atoms with van der Waals surface area (Å²) in [5.41, 5.74) is 3.83. The molecule has 1 amide bonds. The average Bonchev–Trinajstić information content (AvgIpc) is 2.81. The topological polar surface area (TPSA) is 93.2 Å². The van der Waals surface area contributed by atoms with E-state index in [1.165, 1.54) is 0 Å². The molecule has 0 aliphatic heterocycles. The van der Waals surface area contributed by atoms with Gasteiger partial charge in [-0.25, -0.2) is 14.8 Å². The van der Waals surface area contributed by atoms with E-state index in [1.807, 2.05) is 37.3 Å². The van der Waals surface area contributed by atoms with Crippen LogP contribution in [-0.2, 0) is 4.74 Å². The molecule has 1 heterocycles. The van der Waals surface area contributed by atoms with Crippen LogP contribution in [0.3, 0.4) is 0 Å². The second-order valence-corrected chi connectivity index (χ2v) is 8.13. The van der Waals surface area contributed by atoms with Gasteiger partial charge >= 0.3 is 5.97 Å². The lowest BCUT2D eigenvalue weighted by molar-refractivity contribution is 0.0526. The van der Waals surface area contributed by atoms with E-state index in [1.54, 1.807) is 43.5 Å². The molecule has 0 radical (unpaired) electrons. The third-order valence-electron chi connectivity index (χ3n) is 4.95. The van der Waals surface area contributed by atoms with Crippen molar-refractivity contribution in [3.05, 3.63) is 88.0 Å². The first-order valence-corrected chi connectivity index (χ1v) is 11.1. The Balaban J connectivity index is 1.51. The molecule has 0 fully saturated rings. The normalized spacial score (nSPS) is 10.6. The minimum Gasteiger partial charge on any atom is -0.462 e. The molecule has 4 aromatic rings. The molecule has 0 aliphatic rings. The molecule has 166 valence electrons. The summed E-state index contributed by atoms with van der Waals surface area (Å²) in [5.74, 6) is -0.227. The van der Waals surface area contributed by atoms with Crippen LogP contribution in [0.4, 0.5) is 17.3 Å².